The van der Waals surface area contributed by atoms with Crippen molar-refractivity contribution in [1.29, 1.82) is 0 Å². The summed E-state index contributed by atoms with van der Waals surface area (Å²) in [4.78, 5) is 15.7. The first-order valence-corrected chi connectivity index (χ1v) is 5.81. The lowest BCUT2D eigenvalue weighted by molar-refractivity contribution is -0.119. The monoisotopic (exact) mass is 251 g/mol. The van der Waals surface area contributed by atoms with Crippen LogP contribution in [0, 0.1) is 0 Å². The zero-order chi connectivity index (χ0) is 11.5. The molecule has 0 saturated carbocycles. The number of fused-ring (bicyclic) bond motifs is 1. The molecule has 16 heavy (non-hydrogen) atoms. The smallest absolute Gasteiger partial charge is 0.232 e. The summed E-state index contributed by atoms with van der Waals surface area (Å²) in [6.07, 6.45) is 0.205. The van der Waals surface area contributed by atoms with Gasteiger partial charge in [0.1, 0.15) is 5.01 Å². The molecule has 82 valence electrons. The largest absolute Gasteiger partial charge is 0.376 e. The van der Waals surface area contributed by atoms with E-state index in [2.05, 4.69) is 22.5 Å². The van der Waals surface area contributed by atoms with Gasteiger partial charge in [-0.2, -0.15) is 0 Å². The molecule has 0 unspecified atom stereocenters. The number of thiazole rings is 1. The lowest BCUT2D eigenvalue weighted by Crippen LogP contribution is -2.35. The predicted octanol–water partition coefficient (Wildman–Crippen LogP) is 1.20. The molecule has 0 spiro atoms. The Morgan fingerprint density at radius 1 is 1.50 bits per heavy atom. The van der Waals surface area contributed by atoms with E-state index in [9.17, 15) is 4.79 Å². The number of rotatable bonds is 2. The number of hydrogen-bond acceptors (Lipinski definition) is 4. The summed E-state index contributed by atoms with van der Waals surface area (Å²) >= 11 is 6.08. The van der Waals surface area contributed by atoms with Crippen molar-refractivity contribution in [1.82, 2.24) is 10.3 Å². The average Bonchev–Trinajstić information content (AvgIpc) is 2.57. The number of para-hydroxylation sites is 1. The maximum atomic E-state index is 11.4. The van der Waals surface area contributed by atoms with E-state index in [-0.39, 0.29) is 17.4 Å². The van der Waals surface area contributed by atoms with Crippen LogP contribution in [0.3, 0.4) is 0 Å². The number of aromatic nitrogens is 1. The lowest BCUT2D eigenvalue weighted by atomic mass is 10.3. The normalized spacial score (nSPS) is 10.2. The first-order valence-electron chi connectivity index (χ1n) is 4.59. The average molecular weight is 251 g/mol. The van der Waals surface area contributed by atoms with Crippen molar-refractivity contribution >= 4 is 44.8 Å². The summed E-state index contributed by atoms with van der Waals surface area (Å²) < 4.78 is 1.07. The highest BCUT2D eigenvalue weighted by Crippen LogP contribution is 2.21. The van der Waals surface area contributed by atoms with Gasteiger partial charge in [-0.1, -0.05) is 12.1 Å². The number of thiocarbonyl (C=S) groups is 1. The number of carbonyl (C=O) groups excluding carboxylic acids is 1. The highest BCUT2D eigenvalue weighted by Gasteiger charge is 2.08. The summed E-state index contributed by atoms with van der Waals surface area (Å²) in [7, 11) is 0. The number of hydrogen-bond donors (Lipinski definition) is 2. The van der Waals surface area contributed by atoms with Crippen LogP contribution in [0.25, 0.3) is 10.2 Å². The minimum absolute atomic E-state index is 0.00823. The number of amides is 1. The zero-order valence-electron chi connectivity index (χ0n) is 8.27. The maximum absolute atomic E-state index is 11.4. The molecule has 2 aromatic rings. The van der Waals surface area contributed by atoms with Crippen molar-refractivity contribution in [3.8, 4) is 0 Å². The van der Waals surface area contributed by atoms with Crippen molar-refractivity contribution in [3.05, 3.63) is 29.3 Å². The fourth-order valence-corrected chi connectivity index (χ4v) is 2.39. The van der Waals surface area contributed by atoms with Crippen LogP contribution in [0.2, 0.25) is 0 Å². The van der Waals surface area contributed by atoms with Crippen molar-refractivity contribution in [3.63, 3.8) is 0 Å². The fraction of sp³-hybridized carbons (Fsp3) is 0.100. The van der Waals surface area contributed by atoms with E-state index in [1.807, 2.05) is 24.3 Å². The molecule has 0 bridgehead atoms. The number of nitrogens with zero attached hydrogens (tertiary/aromatic N) is 1. The quantitative estimate of drug-likeness (QED) is 0.787. The van der Waals surface area contributed by atoms with Crippen LogP contribution in [0.5, 0.6) is 0 Å². The van der Waals surface area contributed by atoms with Gasteiger partial charge in [0, 0.05) is 0 Å². The Bertz CT molecular complexity index is 517. The van der Waals surface area contributed by atoms with Gasteiger partial charge in [-0.3, -0.25) is 4.79 Å². The summed E-state index contributed by atoms with van der Waals surface area (Å²) in [6, 6.07) is 7.75. The number of nitrogens with one attached hydrogen (secondary N) is 1. The third kappa shape index (κ3) is 2.53. The highest BCUT2D eigenvalue weighted by atomic mass is 32.1. The van der Waals surface area contributed by atoms with Gasteiger partial charge in [-0.15, -0.1) is 11.3 Å². The van der Waals surface area contributed by atoms with E-state index in [1.165, 1.54) is 11.3 Å². The van der Waals surface area contributed by atoms with E-state index in [0.717, 1.165) is 15.2 Å². The molecule has 0 aliphatic rings. The topological polar surface area (TPSA) is 68.0 Å². The molecule has 3 N–H and O–H groups in total. The molecule has 0 radical (unpaired) electrons. The Labute approximate surface area is 101 Å². The molecule has 1 heterocycles. The second-order valence-electron chi connectivity index (χ2n) is 3.16. The second kappa shape index (κ2) is 4.54. The van der Waals surface area contributed by atoms with E-state index in [1.54, 1.807) is 0 Å². The Hall–Kier alpha value is -1.53. The molecular formula is C10H9N3OS2. The summed E-state index contributed by atoms with van der Waals surface area (Å²) in [5, 5.41) is 3.12. The highest BCUT2D eigenvalue weighted by molar-refractivity contribution is 7.80. The molecular weight excluding hydrogens is 242 g/mol. The number of nitrogens with two attached hydrogens (primary N) is 1. The minimum atomic E-state index is -0.230. The summed E-state index contributed by atoms with van der Waals surface area (Å²) in [6.45, 7) is 0. The predicted molar refractivity (Wildman–Crippen MR) is 68.3 cm³/mol. The minimum Gasteiger partial charge on any atom is -0.376 e. The van der Waals surface area contributed by atoms with Gasteiger partial charge in [-0.25, -0.2) is 4.98 Å². The molecule has 0 fully saturated rings. The standard InChI is InChI=1S/C10H9N3OS2/c11-10(15)13-8(14)5-9-12-6-3-1-2-4-7(6)16-9/h1-4H,5H2,(H3,11,13,14,15). The van der Waals surface area contributed by atoms with Crippen LogP contribution in [0.15, 0.2) is 24.3 Å². The maximum Gasteiger partial charge on any atom is 0.232 e. The van der Waals surface area contributed by atoms with Crippen molar-refractivity contribution < 1.29 is 4.79 Å². The molecule has 1 aromatic heterocycles. The molecule has 0 atom stereocenters. The molecule has 1 amide bonds. The second-order valence-corrected chi connectivity index (χ2v) is 4.72. The Morgan fingerprint density at radius 2 is 2.25 bits per heavy atom. The molecule has 1 aromatic carbocycles. The molecule has 0 aliphatic carbocycles. The van der Waals surface area contributed by atoms with Crippen molar-refractivity contribution in [2.75, 3.05) is 0 Å². The molecule has 4 nitrogen and oxygen atoms in total. The van der Waals surface area contributed by atoms with E-state index in [4.69, 9.17) is 5.73 Å². The number of carbonyl (C=O) groups is 1. The van der Waals surface area contributed by atoms with E-state index < -0.39 is 0 Å². The Morgan fingerprint density at radius 3 is 2.94 bits per heavy atom. The van der Waals surface area contributed by atoms with Crippen LogP contribution in [0.1, 0.15) is 5.01 Å². The number of benzene rings is 1. The Balaban J connectivity index is 2.15. The van der Waals surface area contributed by atoms with Gasteiger partial charge < -0.3 is 11.1 Å². The zero-order valence-corrected chi connectivity index (χ0v) is 9.90. The first-order chi connectivity index (χ1) is 7.65. The van der Waals surface area contributed by atoms with Crippen LogP contribution in [-0.2, 0) is 11.2 Å². The van der Waals surface area contributed by atoms with Gasteiger partial charge in [0.25, 0.3) is 0 Å². The third-order valence-electron chi connectivity index (χ3n) is 1.91. The summed E-state index contributed by atoms with van der Waals surface area (Å²) in [5.74, 6) is -0.230. The molecule has 0 saturated heterocycles. The van der Waals surface area contributed by atoms with Gasteiger partial charge in [0.2, 0.25) is 5.91 Å². The molecule has 2 rings (SSSR count). The fourth-order valence-electron chi connectivity index (χ4n) is 1.31. The SMILES string of the molecule is NC(=S)NC(=O)Cc1nc2ccccc2s1. The third-order valence-corrected chi connectivity index (χ3v) is 3.05. The molecule has 0 aliphatic heterocycles. The van der Waals surface area contributed by atoms with Gasteiger partial charge in [0.15, 0.2) is 5.11 Å². The van der Waals surface area contributed by atoms with Gasteiger partial charge in [0.05, 0.1) is 16.6 Å². The van der Waals surface area contributed by atoms with Crippen LogP contribution in [0.4, 0.5) is 0 Å². The van der Waals surface area contributed by atoms with E-state index >= 15 is 0 Å². The Kier molecular flexibility index (Phi) is 3.12. The van der Waals surface area contributed by atoms with Crippen LogP contribution < -0.4 is 11.1 Å². The van der Waals surface area contributed by atoms with Gasteiger partial charge >= 0.3 is 0 Å². The van der Waals surface area contributed by atoms with Crippen LogP contribution >= 0.6 is 23.6 Å². The van der Waals surface area contributed by atoms with Gasteiger partial charge in [-0.05, 0) is 24.4 Å². The lowest BCUT2D eigenvalue weighted by Gasteiger charge is -1.98. The summed E-state index contributed by atoms with van der Waals surface area (Å²) in [5.41, 5.74) is 6.11. The van der Waals surface area contributed by atoms with E-state index in [0.29, 0.717) is 0 Å². The van der Waals surface area contributed by atoms with Crippen molar-refractivity contribution in [2.45, 2.75) is 6.42 Å². The van der Waals surface area contributed by atoms with Crippen molar-refractivity contribution in [2.24, 2.45) is 5.73 Å². The molecule has 6 heteroatoms. The first kappa shape index (κ1) is 11.0. The van der Waals surface area contributed by atoms with Crippen LogP contribution in [-0.4, -0.2) is 16.0 Å².